The lowest BCUT2D eigenvalue weighted by atomic mass is 10.2. The second-order valence-electron chi connectivity index (χ2n) is 5.15. The Kier molecular flexibility index (Phi) is 5.89. The maximum absolute atomic E-state index is 12.3. The van der Waals surface area contributed by atoms with Crippen LogP contribution in [0.5, 0.6) is 17.2 Å². The number of methoxy groups -OCH3 is 3. The minimum absolute atomic E-state index is 0.162. The van der Waals surface area contributed by atoms with Crippen molar-refractivity contribution in [2.45, 2.75) is 13.0 Å². The van der Waals surface area contributed by atoms with Crippen molar-refractivity contribution in [1.29, 1.82) is 0 Å². The molecule has 0 radical (unpaired) electrons. The highest BCUT2D eigenvalue weighted by molar-refractivity contribution is 5.96. The third-order valence-electron chi connectivity index (χ3n) is 3.53. The first kappa shape index (κ1) is 17.5. The van der Waals surface area contributed by atoms with Gasteiger partial charge in [-0.25, -0.2) is 0 Å². The van der Waals surface area contributed by atoms with Gasteiger partial charge in [0.25, 0.3) is 0 Å². The van der Waals surface area contributed by atoms with Crippen LogP contribution in [-0.2, 0) is 4.79 Å². The molecule has 0 bridgehead atoms. The zero-order valence-electron chi connectivity index (χ0n) is 14.3. The lowest BCUT2D eigenvalue weighted by molar-refractivity contribution is -0.116. The first-order valence-electron chi connectivity index (χ1n) is 7.51. The Morgan fingerprint density at radius 2 is 1.54 bits per heavy atom. The molecule has 2 N–H and O–H groups in total. The Hall–Kier alpha value is -2.89. The molecule has 1 atom stereocenters. The molecule has 24 heavy (non-hydrogen) atoms. The zero-order valence-corrected chi connectivity index (χ0v) is 14.3. The van der Waals surface area contributed by atoms with E-state index in [9.17, 15) is 4.79 Å². The van der Waals surface area contributed by atoms with Gasteiger partial charge in [0.15, 0.2) is 0 Å². The smallest absolute Gasteiger partial charge is 0.246 e. The van der Waals surface area contributed by atoms with Crippen molar-refractivity contribution in [3.8, 4) is 17.2 Å². The lowest BCUT2D eigenvalue weighted by Crippen LogP contribution is -2.32. The van der Waals surface area contributed by atoms with E-state index >= 15 is 0 Å². The average molecular weight is 330 g/mol. The summed E-state index contributed by atoms with van der Waals surface area (Å²) >= 11 is 0. The molecule has 0 saturated carbocycles. The van der Waals surface area contributed by atoms with Gasteiger partial charge in [0.2, 0.25) is 5.91 Å². The summed E-state index contributed by atoms with van der Waals surface area (Å²) in [6.45, 7) is 1.78. The summed E-state index contributed by atoms with van der Waals surface area (Å²) in [5.41, 5.74) is 1.39. The minimum Gasteiger partial charge on any atom is -0.497 e. The number of rotatable bonds is 7. The molecule has 6 nitrogen and oxygen atoms in total. The first-order valence-corrected chi connectivity index (χ1v) is 7.51. The van der Waals surface area contributed by atoms with Crippen LogP contribution in [0, 0.1) is 0 Å². The zero-order chi connectivity index (χ0) is 17.5. The fourth-order valence-corrected chi connectivity index (χ4v) is 2.15. The third kappa shape index (κ3) is 4.32. The maximum Gasteiger partial charge on any atom is 0.246 e. The average Bonchev–Trinajstić information content (AvgIpc) is 2.62. The van der Waals surface area contributed by atoms with E-state index in [0.717, 1.165) is 5.75 Å². The Morgan fingerprint density at radius 3 is 2.12 bits per heavy atom. The molecular formula is C18H22N2O4. The van der Waals surface area contributed by atoms with E-state index in [2.05, 4.69) is 10.6 Å². The van der Waals surface area contributed by atoms with Crippen LogP contribution in [0.15, 0.2) is 42.5 Å². The summed E-state index contributed by atoms with van der Waals surface area (Å²) in [6.07, 6.45) is 0. The van der Waals surface area contributed by atoms with Gasteiger partial charge >= 0.3 is 0 Å². The van der Waals surface area contributed by atoms with Crippen molar-refractivity contribution in [2.24, 2.45) is 0 Å². The highest BCUT2D eigenvalue weighted by atomic mass is 16.5. The highest BCUT2D eigenvalue weighted by Gasteiger charge is 2.15. The van der Waals surface area contributed by atoms with Crippen LogP contribution in [0.25, 0.3) is 0 Å². The van der Waals surface area contributed by atoms with Gasteiger partial charge in [0.1, 0.15) is 23.3 Å². The molecule has 0 aliphatic heterocycles. The van der Waals surface area contributed by atoms with Crippen molar-refractivity contribution >= 4 is 17.3 Å². The fourth-order valence-electron chi connectivity index (χ4n) is 2.15. The molecule has 1 amide bonds. The number of ether oxygens (including phenoxy) is 3. The fraction of sp³-hybridized carbons (Fsp3) is 0.278. The minimum atomic E-state index is -0.465. The van der Waals surface area contributed by atoms with Gasteiger partial charge in [0, 0.05) is 11.8 Å². The molecule has 0 heterocycles. The molecule has 0 unspecified atom stereocenters. The summed E-state index contributed by atoms with van der Waals surface area (Å²) in [4.78, 5) is 12.3. The Labute approximate surface area is 141 Å². The van der Waals surface area contributed by atoms with Gasteiger partial charge < -0.3 is 24.8 Å². The first-order chi connectivity index (χ1) is 11.6. The molecule has 0 aromatic heterocycles. The van der Waals surface area contributed by atoms with E-state index in [-0.39, 0.29) is 5.91 Å². The maximum atomic E-state index is 12.3. The number of benzene rings is 2. The number of amides is 1. The molecule has 0 aliphatic rings. The van der Waals surface area contributed by atoms with Crippen LogP contribution < -0.4 is 24.8 Å². The van der Waals surface area contributed by atoms with Gasteiger partial charge in [-0.2, -0.15) is 0 Å². The van der Waals surface area contributed by atoms with E-state index in [4.69, 9.17) is 14.2 Å². The molecule has 2 aromatic carbocycles. The van der Waals surface area contributed by atoms with Crippen molar-refractivity contribution in [2.75, 3.05) is 32.0 Å². The predicted molar refractivity (Wildman–Crippen MR) is 94.3 cm³/mol. The molecule has 128 valence electrons. The Balaban J connectivity index is 2.05. The predicted octanol–water partition coefficient (Wildman–Crippen LogP) is 3.15. The molecular weight excluding hydrogens is 308 g/mol. The molecule has 0 saturated heterocycles. The SMILES string of the molecule is COc1ccc(NC(=O)[C@@H](C)Nc2cc(OC)ccc2OC)cc1. The molecule has 2 rings (SSSR count). The number of hydrogen-bond acceptors (Lipinski definition) is 5. The normalized spacial score (nSPS) is 11.3. The number of carbonyl (C=O) groups is 1. The van der Waals surface area contributed by atoms with Crippen molar-refractivity contribution in [3.63, 3.8) is 0 Å². The van der Waals surface area contributed by atoms with Crippen molar-refractivity contribution in [3.05, 3.63) is 42.5 Å². The van der Waals surface area contributed by atoms with E-state index in [1.807, 2.05) is 0 Å². The van der Waals surface area contributed by atoms with Crippen molar-refractivity contribution < 1.29 is 19.0 Å². The van der Waals surface area contributed by atoms with Crippen LogP contribution in [-0.4, -0.2) is 33.3 Å². The molecule has 0 fully saturated rings. The number of carbonyl (C=O) groups excluding carboxylic acids is 1. The quantitative estimate of drug-likeness (QED) is 0.816. The van der Waals surface area contributed by atoms with E-state index in [0.29, 0.717) is 22.9 Å². The second-order valence-corrected chi connectivity index (χ2v) is 5.15. The number of anilines is 2. The van der Waals surface area contributed by atoms with E-state index in [1.165, 1.54) is 0 Å². The van der Waals surface area contributed by atoms with Gasteiger partial charge in [-0.15, -0.1) is 0 Å². The van der Waals surface area contributed by atoms with Crippen LogP contribution in [0.4, 0.5) is 11.4 Å². The summed E-state index contributed by atoms with van der Waals surface area (Å²) in [6, 6.07) is 12.1. The van der Waals surface area contributed by atoms with Gasteiger partial charge in [0.05, 0.1) is 27.0 Å². The molecule has 0 spiro atoms. The van der Waals surface area contributed by atoms with Gasteiger partial charge in [-0.05, 0) is 43.3 Å². The van der Waals surface area contributed by atoms with Gasteiger partial charge in [-0.1, -0.05) is 0 Å². The van der Waals surface area contributed by atoms with Crippen LogP contribution >= 0.6 is 0 Å². The summed E-state index contributed by atoms with van der Waals surface area (Å²) in [7, 11) is 4.77. The molecule has 2 aromatic rings. The van der Waals surface area contributed by atoms with Gasteiger partial charge in [-0.3, -0.25) is 4.79 Å². The largest absolute Gasteiger partial charge is 0.497 e. The Morgan fingerprint density at radius 1 is 0.917 bits per heavy atom. The monoisotopic (exact) mass is 330 g/mol. The standard InChI is InChI=1S/C18H22N2O4/c1-12(18(21)20-13-5-7-14(22-2)8-6-13)19-16-11-15(23-3)9-10-17(16)24-4/h5-12,19H,1-4H3,(H,20,21)/t12-/m1/s1. The van der Waals surface area contributed by atoms with Crippen molar-refractivity contribution in [1.82, 2.24) is 0 Å². The lowest BCUT2D eigenvalue weighted by Gasteiger charge is -2.18. The molecule has 6 heteroatoms. The second kappa shape index (κ2) is 8.10. The summed E-state index contributed by atoms with van der Waals surface area (Å²) in [5, 5.41) is 5.99. The van der Waals surface area contributed by atoms with Crippen LogP contribution in [0.2, 0.25) is 0 Å². The Bertz CT molecular complexity index is 686. The summed E-state index contributed by atoms with van der Waals surface area (Å²) in [5.74, 6) is 1.89. The highest BCUT2D eigenvalue weighted by Crippen LogP contribution is 2.29. The third-order valence-corrected chi connectivity index (χ3v) is 3.53. The van der Waals surface area contributed by atoms with E-state index in [1.54, 1.807) is 70.7 Å². The molecule has 0 aliphatic carbocycles. The van der Waals surface area contributed by atoms with Crippen LogP contribution in [0.3, 0.4) is 0 Å². The number of nitrogens with one attached hydrogen (secondary N) is 2. The topological polar surface area (TPSA) is 68.8 Å². The van der Waals surface area contributed by atoms with Crippen LogP contribution in [0.1, 0.15) is 6.92 Å². The number of hydrogen-bond donors (Lipinski definition) is 2. The summed E-state index contributed by atoms with van der Waals surface area (Å²) < 4.78 is 15.6. The van der Waals surface area contributed by atoms with E-state index < -0.39 is 6.04 Å².